The van der Waals surface area contributed by atoms with Crippen LogP contribution in [0.5, 0.6) is 0 Å². The fourth-order valence-electron chi connectivity index (χ4n) is 1.95. The molecule has 0 aliphatic heterocycles. The molecule has 1 heterocycles. The Morgan fingerprint density at radius 1 is 1.24 bits per heavy atom. The first-order chi connectivity index (χ1) is 11.0. The van der Waals surface area contributed by atoms with Gasteiger partial charge in [-0.3, -0.25) is 4.79 Å². The highest BCUT2D eigenvalue weighted by atomic mass is 35.5. The van der Waals surface area contributed by atoms with Gasteiger partial charge in [0.15, 0.2) is 11.7 Å². The summed E-state index contributed by atoms with van der Waals surface area (Å²) in [6.45, 7) is -1.52. The second-order valence-electron chi connectivity index (χ2n) is 5.17. The first kappa shape index (κ1) is 23.3. The van der Waals surface area contributed by atoms with Crippen molar-refractivity contribution in [2.45, 2.75) is 25.2 Å². The van der Waals surface area contributed by atoms with Gasteiger partial charge in [-0.2, -0.15) is 0 Å². The fraction of sp³-hybridized carbons (Fsp3) is 0.375. The summed E-state index contributed by atoms with van der Waals surface area (Å²) in [6.07, 6.45) is 2.69. The highest BCUT2D eigenvalue weighted by Gasteiger charge is 2.26. The molecule has 0 spiro atoms. The number of oxazole rings is 1. The summed E-state index contributed by atoms with van der Waals surface area (Å²) in [6, 6.07) is 9.54. The van der Waals surface area contributed by atoms with E-state index in [1.807, 2.05) is 30.3 Å². The van der Waals surface area contributed by atoms with Gasteiger partial charge in [0.2, 0.25) is 5.91 Å². The average molecular weight is 396 g/mol. The number of nitrogens with two attached hydrogens (primary N) is 1. The maximum absolute atomic E-state index is 12.9. The van der Waals surface area contributed by atoms with Gasteiger partial charge < -0.3 is 15.5 Å². The van der Waals surface area contributed by atoms with Crippen LogP contribution in [0, 0.1) is 0 Å². The van der Waals surface area contributed by atoms with Crippen LogP contribution >= 0.6 is 24.8 Å². The van der Waals surface area contributed by atoms with E-state index in [1.165, 1.54) is 0 Å². The number of aromatic nitrogens is 1. The maximum atomic E-state index is 12.9. The zero-order valence-corrected chi connectivity index (χ0v) is 15.0. The molecule has 0 radical (unpaired) electrons. The van der Waals surface area contributed by atoms with Gasteiger partial charge in [0.25, 0.3) is 5.92 Å². The second-order valence-corrected chi connectivity index (χ2v) is 5.17. The molecule has 140 valence electrons. The van der Waals surface area contributed by atoms with Gasteiger partial charge in [0.05, 0.1) is 19.3 Å². The summed E-state index contributed by atoms with van der Waals surface area (Å²) in [5.41, 5.74) is 5.82. The Morgan fingerprint density at radius 3 is 2.56 bits per heavy atom. The lowest BCUT2D eigenvalue weighted by Crippen LogP contribution is -2.41. The molecule has 0 atom stereocenters. The third-order valence-corrected chi connectivity index (χ3v) is 3.25. The van der Waals surface area contributed by atoms with E-state index in [0.717, 1.165) is 5.56 Å². The monoisotopic (exact) mass is 395 g/mol. The molecule has 0 saturated heterocycles. The van der Waals surface area contributed by atoms with Crippen LogP contribution in [0.2, 0.25) is 0 Å². The third kappa shape index (κ3) is 7.81. The Morgan fingerprint density at radius 2 is 1.92 bits per heavy atom. The lowest BCUT2D eigenvalue weighted by atomic mass is 10.2. The van der Waals surface area contributed by atoms with Gasteiger partial charge in [-0.15, -0.1) is 24.8 Å². The van der Waals surface area contributed by atoms with Crippen LogP contribution in [0.1, 0.15) is 18.7 Å². The predicted molar refractivity (Wildman–Crippen MR) is 96.4 cm³/mol. The first-order valence-electron chi connectivity index (χ1n) is 7.35. The Bertz CT molecular complexity index is 639. The van der Waals surface area contributed by atoms with E-state index in [9.17, 15) is 13.6 Å². The molecule has 25 heavy (non-hydrogen) atoms. The van der Waals surface area contributed by atoms with E-state index in [1.54, 1.807) is 6.20 Å². The van der Waals surface area contributed by atoms with Crippen molar-refractivity contribution in [2.24, 2.45) is 5.73 Å². The minimum atomic E-state index is -3.07. The van der Waals surface area contributed by atoms with Crippen LogP contribution in [-0.4, -0.2) is 29.9 Å². The maximum Gasteiger partial charge on any atom is 0.277 e. The van der Waals surface area contributed by atoms with Crippen molar-refractivity contribution < 1.29 is 18.0 Å². The number of halogens is 4. The smallest absolute Gasteiger partial charge is 0.277 e. The quantitative estimate of drug-likeness (QED) is 0.718. The average Bonchev–Trinajstić information content (AvgIpc) is 3.03. The van der Waals surface area contributed by atoms with E-state index in [0.29, 0.717) is 24.5 Å². The summed E-state index contributed by atoms with van der Waals surface area (Å²) >= 11 is 0. The predicted octanol–water partition coefficient (Wildman–Crippen LogP) is 3.22. The number of aryl methyl sites for hydroxylation is 1. The number of nitrogens with one attached hydrogen (secondary N) is 1. The van der Waals surface area contributed by atoms with Crippen LogP contribution in [0.3, 0.4) is 0 Å². The SMILES string of the molecule is Cl.Cl.NCC(F)(F)CNC(=O)CCCc1ncc(-c2ccccc2)o1. The summed E-state index contributed by atoms with van der Waals surface area (Å²) in [5, 5.41) is 2.17. The van der Waals surface area contributed by atoms with Crippen molar-refractivity contribution >= 4 is 30.7 Å². The van der Waals surface area contributed by atoms with Crippen molar-refractivity contribution in [3.63, 3.8) is 0 Å². The van der Waals surface area contributed by atoms with Crippen molar-refractivity contribution in [3.05, 3.63) is 42.4 Å². The lowest BCUT2D eigenvalue weighted by Gasteiger charge is -2.14. The molecule has 5 nitrogen and oxygen atoms in total. The molecule has 0 saturated carbocycles. The molecule has 9 heteroatoms. The zero-order chi connectivity index (χ0) is 16.7. The number of hydrogen-bond donors (Lipinski definition) is 2. The summed E-state index contributed by atoms with van der Waals surface area (Å²) < 4.78 is 31.4. The summed E-state index contributed by atoms with van der Waals surface area (Å²) in [5.74, 6) is -2.33. The molecule has 0 unspecified atom stereocenters. The van der Waals surface area contributed by atoms with Gasteiger partial charge in [-0.25, -0.2) is 13.8 Å². The van der Waals surface area contributed by atoms with Crippen LogP contribution in [-0.2, 0) is 11.2 Å². The second kappa shape index (κ2) is 11.0. The van der Waals surface area contributed by atoms with Crippen molar-refractivity contribution in [1.29, 1.82) is 0 Å². The number of benzene rings is 1. The molecule has 0 fully saturated rings. The molecular formula is C16H21Cl2F2N3O2. The van der Waals surface area contributed by atoms with Gasteiger partial charge >= 0.3 is 0 Å². The lowest BCUT2D eigenvalue weighted by molar-refractivity contribution is -0.123. The Hall–Kier alpha value is -1.70. The highest BCUT2D eigenvalue weighted by Crippen LogP contribution is 2.20. The van der Waals surface area contributed by atoms with Crippen LogP contribution in [0.4, 0.5) is 8.78 Å². The first-order valence-corrected chi connectivity index (χ1v) is 7.35. The summed E-state index contributed by atoms with van der Waals surface area (Å²) in [4.78, 5) is 15.6. The van der Waals surface area contributed by atoms with E-state index >= 15 is 0 Å². The Kier molecular flexibility index (Phi) is 10.3. The molecule has 2 rings (SSSR count). The summed E-state index contributed by atoms with van der Waals surface area (Å²) in [7, 11) is 0. The van der Waals surface area contributed by atoms with Gasteiger partial charge in [-0.05, 0) is 6.42 Å². The fourth-order valence-corrected chi connectivity index (χ4v) is 1.95. The number of alkyl halides is 2. The van der Waals surface area contributed by atoms with E-state index in [2.05, 4.69) is 10.3 Å². The normalized spacial score (nSPS) is 10.5. The molecule has 1 aromatic carbocycles. The van der Waals surface area contributed by atoms with Gasteiger partial charge in [-0.1, -0.05) is 30.3 Å². The number of amides is 1. The van der Waals surface area contributed by atoms with E-state index in [4.69, 9.17) is 10.2 Å². The number of carbonyl (C=O) groups is 1. The van der Waals surface area contributed by atoms with Crippen molar-refractivity contribution in [1.82, 2.24) is 10.3 Å². The number of hydrogen-bond acceptors (Lipinski definition) is 4. The minimum Gasteiger partial charge on any atom is -0.441 e. The Labute approximate surface area is 157 Å². The molecule has 0 aliphatic carbocycles. The van der Waals surface area contributed by atoms with Crippen LogP contribution in [0.15, 0.2) is 40.9 Å². The van der Waals surface area contributed by atoms with E-state index in [-0.39, 0.29) is 31.2 Å². The standard InChI is InChI=1S/C16H19F2N3O2.2ClH/c17-16(18,10-19)11-21-14(22)7-4-8-15-20-9-13(23-15)12-5-2-1-3-6-12;;/h1-3,5-6,9H,4,7-8,10-11,19H2,(H,21,22);2*1H. The molecule has 0 bridgehead atoms. The van der Waals surface area contributed by atoms with Crippen LogP contribution in [0.25, 0.3) is 11.3 Å². The third-order valence-electron chi connectivity index (χ3n) is 3.25. The Balaban J connectivity index is 0.00000288. The number of carbonyl (C=O) groups excluding carboxylic acids is 1. The molecular weight excluding hydrogens is 375 g/mol. The molecule has 1 amide bonds. The van der Waals surface area contributed by atoms with Gasteiger partial charge in [0, 0.05) is 18.4 Å². The van der Waals surface area contributed by atoms with Gasteiger partial charge in [0.1, 0.15) is 0 Å². The topological polar surface area (TPSA) is 81.1 Å². The largest absolute Gasteiger partial charge is 0.441 e. The number of nitrogens with zero attached hydrogens (tertiary/aromatic N) is 1. The molecule has 1 aromatic heterocycles. The van der Waals surface area contributed by atoms with E-state index < -0.39 is 24.9 Å². The number of rotatable bonds is 8. The molecule has 3 N–H and O–H groups in total. The van der Waals surface area contributed by atoms with Crippen LogP contribution < -0.4 is 11.1 Å². The molecule has 0 aliphatic rings. The zero-order valence-electron chi connectivity index (χ0n) is 13.4. The highest BCUT2D eigenvalue weighted by molar-refractivity contribution is 5.85. The molecule has 2 aromatic rings. The minimum absolute atomic E-state index is 0. The van der Waals surface area contributed by atoms with Crippen molar-refractivity contribution in [3.8, 4) is 11.3 Å². The van der Waals surface area contributed by atoms with Crippen molar-refractivity contribution in [2.75, 3.05) is 13.1 Å².